The van der Waals surface area contributed by atoms with E-state index in [4.69, 9.17) is 0 Å². The molecule has 1 N–H and O–H groups in total. The van der Waals surface area contributed by atoms with Crippen LogP contribution in [0.5, 0.6) is 0 Å². The van der Waals surface area contributed by atoms with Crippen molar-refractivity contribution in [2.45, 2.75) is 52.1 Å². The third-order valence-corrected chi connectivity index (χ3v) is 6.50. The van der Waals surface area contributed by atoms with E-state index >= 15 is 0 Å². The van der Waals surface area contributed by atoms with Crippen LogP contribution in [0.1, 0.15) is 57.0 Å². The van der Waals surface area contributed by atoms with E-state index in [-0.39, 0.29) is 34.3 Å². The van der Waals surface area contributed by atoms with Gasteiger partial charge < -0.3 is 5.32 Å². The van der Waals surface area contributed by atoms with Crippen molar-refractivity contribution in [2.75, 3.05) is 16.0 Å². The van der Waals surface area contributed by atoms with Gasteiger partial charge in [-0.3, -0.25) is 14.5 Å². The summed E-state index contributed by atoms with van der Waals surface area (Å²) in [5.74, 6) is 0.229. The second kappa shape index (κ2) is 9.79. The first-order chi connectivity index (χ1) is 15.3. The minimum absolute atomic E-state index is 0.0707. The molecule has 0 unspecified atom stereocenters. The van der Waals surface area contributed by atoms with Gasteiger partial charge in [0.15, 0.2) is 0 Å². The van der Waals surface area contributed by atoms with E-state index in [0.29, 0.717) is 17.8 Å². The molecular formula is C25H29F3N2O2S. The van der Waals surface area contributed by atoms with Gasteiger partial charge >= 0.3 is 6.18 Å². The predicted molar refractivity (Wildman–Crippen MR) is 127 cm³/mol. The van der Waals surface area contributed by atoms with Crippen LogP contribution in [0.2, 0.25) is 0 Å². The molecule has 0 radical (unpaired) electrons. The number of thioether (sulfide) groups is 1. The zero-order valence-electron chi connectivity index (χ0n) is 19.2. The smallest absolute Gasteiger partial charge is 0.326 e. The molecule has 2 amide bonds. The molecule has 3 rings (SSSR count). The largest absolute Gasteiger partial charge is 0.416 e. The van der Waals surface area contributed by atoms with Gasteiger partial charge in [-0.25, -0.2) is 0 Å². The summed E-state index contributed by atoms with van der Waals surface area (Å²) < 4.78 is 38.7. The van der Waals surface area contributed by atoms with Gasteiger partial charge in [-0.1, -0.05) is 39.8 Å². The highest BCUT2D eigenvalue weighted by molar-refractivity contribution is 8.00. The summed E-state index contributed by atoms with van der Waals surface area (Å²) in [6.45, 7) is 8.50. The third-order valence-electron chi connectivity index (χ3n) is 5.29. The number of rotatable bonds is 6. The van der Waals surface area contributed by atoms with Crippen molar-refractivity contribution >= 4 is 35.0 Å². The Bertz CT molecular complexity index is 1000. The monoisotopic (exact) mass is 478 g/mol. The topological polar surface area (TPSA) is 49.4 Å². The lowest BCUT2D eigenvalue weighted by Crippen LogP contribution is -2.28. The fraction of sp³-hybridized carbons (Fsp3) is 0.440. The lowest BCUT2D eigenvalue weighted by atomic mass is 9.84. The number of hydrogen-bond donors (Lipinski definition) is 1. The molecule has 33 heavy (non-hydrogen) atoms. The van der Waals surface area contributed by atoms with Gasteiger partial charge in [-0.15, -0.1) is 11.8 Å². The van der Waals surface area contributed by atoms with Gasteiger partial charge in [0.25, 0.3) is 0 Å². The van der Waals surface area contributed by atoms with Gasteiger partial charge in [-0.05, 0) is 59.7 Å². The maximum Gasteiger partial charge on any atom is 0.416 e. The quantitative estimate of drug-likeness (QED) is 0.492. The van der Waals surface area contributed by atoms with Crippen LogP contribution in [0.15, 0.2) is 48.5 Å². The lowest BCUT2D eigenvalue weighted by molar-refractivity contribution is -0.137. The van der Waals surface area contributed by atoms with Crippen molar-refractivity contribution in [3.63, 3.8) is 0 Å². The highest BCUT2D eigenvalue weighted by atomic mass is 32.2. The summed E-state index contributed by atoms with van der Waals surface area (Å²) in [6.07, 6.45) is -3.09. The van der Waals surface area contributed by atoms with Crippen LogP contribution in [-0.2, 0) is 15.8 Å². The van der Waals surface area contributed by atoms with Crippen molar-refractivity contribution in [2.24, 2.45) is 11.3 Å². The molecule has 0 saturated carbocycles. The van der Waals surface area contributed by atoms with Crippen molar-refractivity contribution in [3.05, 3.63) is 59.7 Å². The molecule has 1 fully saturated rings. The fourth-order valence-corrected chi connectivity index (χ4v) is 5.34. The summed E-state index contributed by atoms with van der Waals surface area (Å²) >= 11 is 1.40. The predicted octanol–water partition coefficient (Wildman–Crippen LogP) is 6.88. The van der Waals surface area contributed by atoms with E-state index in [1.165, 1.54) is 28.8 Å². The van der Waals surface area contributed by atoms with Crippen LogP contribution in [0.3, 0.4) is 0 Å². The molecule has 0 bridgehead atoms. The molecule has 2 aromatic carbocycles. The average Bonchev–Trinajstić information content (AvgIpc) is 3.07. The molecular weight excluding hydrogens is 449 g/mol. The van der Waals surface area contributed by atoms with Gasteiger partial charge in [0.1, 0.15) is 5.37 Å². The number of nitrogens with zero attached hydrogens (tertiary/aromatic N) is 1. The van der Waals surface area contributed by atoms with Crippen molar-refractivity contribution in [1.82, 2.24) is 0 Å². The highest BCUT2D eigenvalue weighted by Gasteiger charge is 2.35. The molecule has 1 heterocycles. The van der Waals surface area contributed by atoms with Gasteiger partial charge in [-0.2, -0.15) is 13.2 Å². The molecule has 1 aliphatic rings. The lowest BCUT2D eigenvalue weighted by Gasteiger charge is -2.25. The van der Waals surface area contributed by atoms with E-state index in [9.17, 15) is 22.8 Å². The fourth-order valence-electron chi connectivity index (χ4n) is 4.18. The molecule has 0 aromatic heterocycles. The van der Waals surface area contributed by atoms with Crippen LogP contribution in [0.25, 0.3) is 0 Å². The molecule has 0 aliphatic carbocycles. The molecule has 4 nitrogen and oxygen atoms in total. The Balaban J connectivity index is 1.74. The maximum absolute atomic E-state index is 12.9. The molecule has 2 atom stereocenters. The van der Waals surface area contributed by atoms with Crippen LogP contribution in [0.4, 0.5) is 24.5 Å². The molecule has 2 aromatic rings. The summed E-state index contributed by atoms with van der Waals surface area (Å²) in [6, 6.07) is 11.9. The third kappa shape index (κ3) is 6.76. The average molecular weight is 479 g/mol. The SMILES string of the molecule is C[C@H](CC(=O)Nc1cccc([C@H]2SCC(=O)N2c2ccc(C(F)(F)F)cc2)c1)CC(C)(C)C. The number of halogens is 3. The molecule has 8 heteroatoms. The van der Waals surface area contributed by atoms with E-state index in [1.54, 1.807) is 12.1 Å². The van der Waals surface area contributed by atoms with Gasteiger partial charge in [0.2, 0.25) is 11.8 Å². The number of carbonyl (C=O) groups excluding carboxylic acids is 2. The van der Waals surface area contributed by atoms with Crippen molar-refractivity contribution in [3.8, 4) is 0 Å². The first-order valence-corrected chi connectivity index (χ1v) is 11.9. The van der Waals surface area contributed by atoms with Crippen LogP contribution >= 0.6 is 11.8 Å². The number of alkyl halides is 3. The second-order valence-corrected chi connectivity index (χ2v) is 10.8. The molecule has 1 saturated heterocycles. The van der Waals surface area contributed by atoms with E-state index in [0.717, 1.165) is 24.1 Å². The van der Waals surface area contributed by atoms with E-state index in [2.05, 4.69) is 33.0 Å². The minimum Gasteiger partial charge on any atom is -0.326 e. The van der Waals surface area contributed by atoms with E-state index < -0.39 is 11.7 Å². The zero-order valence-corrected chi connectivity index (χ0v) is 20.0. The number of benzene rings is 2. The van der Waals surface area contributed by atoms with E-state index in [1.807, 2.05) is 12.1 Å². The molecule has 0 spiro atoms. The number of amides is 2. The Kier molecular flexibility index (Phi) is 7.46. The van der Waals surface area contributed by atoms with Crippen molar-refractivity contribution in [1.29, 1.82) is 0 Å². The summed E-state index contributed by atoms with van der Waals surface area (Å²) in [4.78, 5) is 26.6. The number of carbonyl (C=O) groups is 2. The highest BCUT2D eigenvalue weighted by Crippen LogP contribution is 2.43. The maximum atomic E-state index is 12.9. The summed E-state index contributed by atoms with van der Waals surface area (Å²) in [5.41, 5.74) is 1.23. The molecule has 178 valence electrons. The second-order valence-electron chi connectivity index (χ2n) is 9.72. The summed E-state index contributed by atoms with van der Waals surface area (Å²) in [7, 11) is 0. The van der Waals surface area contributed by atoms with Gasteiger partial charge in [0, 0.05) is 17.8 Å². The number of hydrogen-bond acceptors (Lipinski definition) is 3. The first-order valence-electron chi connectivity index (χ1n) is 10.8. The number of nitrogens with one attached hydrogen (secondary N) is 1. The van der Waals surface area contributed by atoms with Gasteiger partial charge in [0.05, 0.1) is 11.3 Å². The van der Waals surface area contributed by atoms with Crippen LogP contribution in [0, 0.1) is 11.3 Å². The van der Waals surface area contributed by atoms with Crippen molar-refractivity contribution < 1.29 is 22.8 Å². The Morgan fingerprint density at radius 3 is 2.42 bits per heavy atom. The zero-order chi connectivity index (χ0) is 24.4. The Hall–Kier alpha value is -2.48. The first kappa shape index (κ1) is 25.1. The Morgan fingerprint density at radius 1 is 1.15 bits per heavy atom. The Labute approximate surface area is 196 Å². The Morgan fingerprint density at radius 2 is 1.82 bits per heavy atom. The summed E-state index contributed by atoms with van der Waals surface area (Å²) in [5, 5.41) is 2.55. The standard InChI is InChI=1S/C25H29F3N2O2S/c1-16(14-24(2,3)4)12-21(31)29-19-7-5-6-17(13-19)23-30(22(32)15-33-23)20-10-8-18(9-11-20)25(26,27)28/h5-11,13,16,23H,12,14-15H2,1-4H3,(H,29,31)/t16-,23-/m1/s1. The molecule has 1 aliphatic heterocycles. The normalized spacial score (nSPS) is 17.8. The minimum atomic E-state index is -4.43. The number of anilines is 2. The van der Waals surface area contributed by atoms with Crippen LogP contribution in [-0.4, -0.2) is 17.6 Å². The van der Waals surface area contributed by atoms with Crippen LogP contribution < -0.4 is 10.2 Å².